The summed E-state index contributed by atoms with van der Waals surface area (Å²) in [5.74, 6) is -1.19. The second-order valence-corrected chi connectivity index (χ2v) is 7.52. The number of rotatable bonds is 3. The zero-order valence-electron chi connectivity index (χ0n) is 16.9. The van der Waals surface area contributed by atoms with E-state index in [0.717, 1.165) is 41.9 Å². The molecule has 33 heavy (non-hydrogen) atoms. The van der Waals surface area contributed by atoms with Crippen LogP contribution in [0.1, 0.15) is 17.0 Å². The molecule has 3 heterocycles. The highest BCUT2D eigenvalue weighted by Gasteiger charge is 2.30. The lowest BCUT2D eigenvalue weighted by molar-refractivity contribution is -0.127. The first-order chi connectivity index (χ1) is 14.8. The van der Waals surface area contributed by atoms with Crippen molar-refractivity contribution in [2.24, 2.45) is 0 Å². The fraction of sp³-hybridized carbons (Fsp3) is 0.238. The highest BCUT2D eigenvalue weighted by molar-refractivity contribution is 8.93. The average Bonchev–Trinajstić information content (AvgIpc) is 3.32. The molecule has 0 saturated heterocycles. The van der Waals surface area contributed by atoms with Gasteiger partial charge in [0.25, 0.3) is 0 Å². The molecule has 1 aliphatic rings. The molecule has 1 aliphatic heterocycles. The average molecular weight is 593 g/mol. The van der Waals surface area contributed by atoms with E-state index < -0.39 is 24.2 Å². The number of aromatic nitrogens is 4. The molecule has 0 atom stereocenters. The van der Waals surface area contributed by atoms with E-state index in [2.05, 4.69) is 25.5 Å². The Hall–Kier alpha value is -2.44. The predicted molar refractivity (Wildman–Crippen MR) is 127 cm³/mol. The van der Waals surface area contributed by atoms with E-state index in [1.54, 1.807) is 18.2 Å². The van der Waals surface area contributed by atoms with Crippen molar-refractivity contribution in [2.45, 2.75) is 25.6 Å². The third kappa shape index (κ3) is 4.92. The molecular weight excluding hydrogens is 574 g/mol. The molecule has 4 aromatic rings. The van der Waals surface area contributed by atoms with Gasteiger partial charge in [0.2, 0.25) is 0 Å². The maximum Gasteiger partial charge on any atom is 0.393 e. The summed E-state index contributed by atoms with van der Waals surface area (Å²) in [7, 11) is 0. The Morgan fingerprint density at radius 2 is 1.88 bits per heavy atom. The summed E-state index contributed by atoms with van der Waals surface area (Å²) < 4.78 is 53.0. The molecule has 0 fully saturated rings. The first-order valence-electron chi connectivity index (χ1n) is 9.64. The van der Waals surface area contributed by atoms with Crippen LogP contribution in [0.5, 0.6) is 5.75 Å². The molecule has 0 radical (unpaired) electrons. The van der Waals surface area contributed by atoms with E-state index in [4.69, 9.17) is 0 Å². The SMILES string of the molecule is Br.Br.Oc1cc(CC(F)(F)F)c(-c2ccc3c(-c4nc5c([nH]4)CCNC5)n[nH]c3c2)cc1F. The van der Waals surface area contributed by atoms with Crippen LogP contribution in [0.4, 0.5) is 17.6 Å². The Kier molecular flexibility index (Phi) is 7.20. The minimum Gasteiger partial charge on any atom is -0.505 e. The van der Waals surface area contributed by atoms with Crippen LogP contribution >= 0.6 is 34.0 Å². The van der Waals surface area contributed by atoms with Gasteiger partial charge in [-0.15, -0.1) is 34.0 Å². The number of aromatic amines is 2. The molecule has 0 amide bonds. The zero-order chi connectivity index (χ0) is 21.8. The van der Waals surface area contributed by atoms with Crippen LogP contribution in [0, 0.1) is 5.82 Å². The first kappa shape index (κ1) is 25.2. The number of phenols is 1. The number of H-pyrrole nitrogens is 2. The predicted octanol–water partition coefficient (Wildman–Crippen LogP) is 5.37. The number of nitrogens with zero attached hydrogens (tertiary/aromatic N) is 2. The monoisotopic (exact) mass is 591 g/mol. The summed E-state index contributed by atoms with van der Waals surface area (Å²) in [6.07, 6.45) is -4.95. The number of aromatic hydroxyl groups is 1. The summed E-state index contributed by atoms with van der Waals surface area (Å²) in [5.41, 5.74) is 3.39. The van der Waals surface area contributed by atoms with Crippen molar-refractivity contribution in [3.63, 3.8) is 0 Å². The summed E-state index contributed by atoms with van der Waals surface area (Å²) in [6, 6.07) is 6.68. The Morgan fingerprint density at radius 1 is 1.09 bits per heavy atom. The Morgan fingerprint density at radius 3 is 2.61 bits per heavy atom. The van der Waals surface area contributed by atoms with Crippen molar-refractivity contribution < 1.29 is 22.7 Å². The standard InChI is InChI=1S/C21H17F4N5O.2BrH/c22-14-7-13(11(6-18(14)31)8-21(23,24)25)10-1-2-12-16(5-10)29-30-19(12)20-27-15-3-4-26-9-17(15)28-20;;/h1-2,5-7,26,31H,3-4,8-9H2,(H,27,28)(H,29,30);2*1H. The number of hydrogen-bond acceptors (Lipinski definition) is 4. The fourth-order valence-electron chi connectivity index (χ4n) is 3.93. The molecule has 0 aliphatic carbocycles. The first-order valence-corrected chi connectivity index (χ1v) is 9.64. The lowest BCUT2D eigenvalue weighted by Gasteiger charge is -2.13. The van der Waals surface area contributed by atoms with E-state index in [9.17, 15) is 22.7 Å². The van der Waals surface area contributed by atoms with E-state index in [1.807, 2.05) is 0 Å². The number of halogens is 6. The molecule has 0 bridgehead atoms. The van der Waals surface area contributed by atoms with Gasteiger partial charge in [-0.25, -0.2) is 9.37 Å². The van der Waals surface area contributed by atoms with Crippen LogP contribution < -0.4 is 5.32 Å². The van der Waals surface area contributed by atoms with E-state index >= 15 is 0 Å². The highest BCUT2D eigenvalue weighted by atomic mass is 79.9. The van der Waals surface area contributed by atoms with Crippen molar-refractivity contribution in [1.82, 2.24) is 25.5 Å². The largest absolute Gasteiger partial charge is 0.505 e. The van der Waals surface area contributed by atoms with Gasteiger partial charge in [0.15, 0.2) is 17.4 Å². The highest BCUT2D eigenvalue weighted by Crippen LogP contribution is 2.36. The molecule has 2 aromatic carbocycles. The number of imidazole rings is 1. The molecular formula is C21H19Br2F4N5O. The van der Waals surface area contributed by atoms with Gasteiger partial charge in [-0.1, -0.05) is 6.07 Å². The quantitative estimate of drug-likeness (QED) is 0.241. The maximum absolute atomic E-state index is 14.0. The van der Waals surface area contributed by atoms with Crippen LogP contribution in [-0.4, -0.2) is 38.0 Å². The molecule has 6 nitrogen and oxygen atoms in total. The van der Waals surface area contributed by atoms with Gasteiger partial charge in [0.1, 0.15) is 5.69 Å². The second-order valence-electron chi connectivity index (χ2n) is 7.52. The van der Waals surface area contributed by atoms with Crippen LogP contribution in [0.3, 0.4) is 0 Å². The van der Waals surface area contributed by atoms with Crippen LogP contribution in [0.25, 0.3) is 33.5 Å². The zero-order valence-corrected chi connectivity index (χ0v) is 20.3. The Balaban J connectivity index is 0.00000153. The number of benzene rings is 2. The van der Waals surface area contributed by atoms with Gasteiger partial charge in [-0.05, 0) is 41.0 Å². The minimum absolute atomic E-state index is 0. The molecule has 0 unspecified atom stereocenters. The van der Waals surface area contributed by atoms with Gasteiger partial charge in [-0.2, -0.15) is 18.3 Å². The van der Waals surface area contributed by atoms with Crippen LogP contribution in [-0.2, 0) is 19.4 Å². The number of nitrogens with one attached hydrogen (secondary N) is 3. The molecule has 12 heteroatoms. The van der Waals surface area contributed by atoms with Gasteiger partial charge in [-0.3, -0.25) is 5.10 Å². The number of phenolic OH excluding ortho intramolecular Hbond substituents is 1. The van der Waals surface area contributed by atoms with E-state index in [-0.39, 0.29) is 45.1 Å². The number of fused-ring (bicyclic) bond motifs is 2. The van der Waals surface area contributed by atoms with Crippen molar-refractivity contribution in [1.29, 1.82) is 0 Å². The van der Waals surface area contributed by atoms with Gasteiger partial charge in [0.05, 0.1) is 17.6 Å². The molecule has 2 aromatic heterocycles. The third-order valence-corrected chi connectivity index (χ3v) is 5.37. The van der Waals surface area contributed by atoms with Crippen LogP contribution in [0.15, 0.2) is 30.3 Å². The van der Waals surface area contributed by atoms with Gasteiger partial charge < -0.3 is 15.4 Å². The topological polar surface area (TPSA) is 89.6 Å². The van der Waals surface area contributed by atoms with E-state index in [1.165, 1.54) is 0 Å². The van der Waals surface area contributed by atoms with Crippen molar-refractivity contribution >= 4 is 44.9 Å². The van der Waals surface area contributed by atoms with Gasteiger partial charge in [0, 0.05) is 30.6 Å². The molecule has 176 valence electrons. The normalized spacial score (nSPS) is 13.3. The lowest BCUT2D eigenvalue weighted by atomic mass is 9.96. The van der Waals surface area contributed by atoms with Gasteiger partial charge >= 0.3 is 6.18 Å². The molecule has 5 rings (SSSR count). The summed E-state index contributed by atoms with van der Waals surface area (Å²) in [5, 5.41) is 20.8. The second kappa shape index (κ2) is 9.43. The molecule has 4 N–H and O–H groups in total. The molecule has 0 saturated carbocycles. The van der Waals surface area contributed by atoms with E-state index in [0.29, 0.717) is 29.1 Å². The minimum atomic E-state index is -4.50. The summed E-state index contributed by atoms with van der Waals surface area (Å²) in [6.45, 7) is 1.54. The summed E-state index contributed by atoms with van der Waals surface area (Å²) in [4.78, 5) is 7.88. The fourth-order valence-corrected chi connectivity index (χ4v) is 3.93. The maximum atomic E-state index is 14.0. The number of hydrogen-bond donors (Lipinski definition) is 4. The summed E-state index contributed by atoms with van der Waals surface area (Å²) >= 11 is 0. The van der Waals surface area contributed by atoms with Crippen molar-refractivity contribution in [3.05, 3.63) is 53.1 Å². The van der Waals surface area contributed by atoms with Crippen molar-refractivity contribution in [2.75, 3.05) is 6.54 Å². The number of alkyl halides is 3. The lowest BCUT2D eigenvalue weighted by Crippen LogP contribution is -2.23. The third-order valence-electron chi connectivity index (χ3n) is 5.37. The molecule has 0 spiro atoms. The Bertz CT molecular complexity index is 1280. The smallest absolute Gasteiger partial charge is 0.393 e. The van der Waals surface area contributed by atoms with Crippen LogP contribution in [0.2, 0.25) is 0 Å². The Labute approximate surface area is 206 Å². The van der Waals surface area contributed by atoms with Crippen molar-refractivity contribution in [3.8, 4) is 28.4 Å².